The van der Waals surface area contributed by atoms with Gasteiger partial charge in [0.2, 0.25) is 0 Å². The third kappa shape index (κ3) is 4.23. The van der Waals surface area contributed by atoms with Gasteiger partial charge in [0.15, 0.2) is 5.11 Å². The second-order valence-electron chi connectivity index (χ2n) is 7.38. The molecule has 2 aliphatic heterocycles. The fourth-order valence-corrected chi connectivity index (χ4v) is 4.04. The molecule has 0 spiro atoms. The van der Waals surface area contributed by atoms with Gasteiger partial charge in [-0.15, -0.1) is 0 Å². The van der Waals surface area contributed by atoms with Crippen molar-refractivity contribution in [1.29, 1.82) is 0 Å². The standard InChI is InChI=1S/C23H25N3O3S/c1-16-5-3-4-6-20(16)26-22(27)19(24-23(26)30)14-17-7-8-21(28-2)18(13-17)15-25-9-11-29-12-10-25/h3-8,13-14H,9-12,15H2,1-2H3,(H,24,30)/b19-14+. The number of morpholine rings is 1. The number of rotatable bonds is 5. The van der Waals surface area contributed by atoms with Crippen molar-refractivity contribution < 1.29 is 14.3 Å². The minimum atomic E-state index is -0.153. The monoisotopic (exact) mass is 423 g/mol. The lowest BCUT2D eigenvalue weighted by Gasteiger charge is -2.27. The molecule has 0 aliphatic carbocycles. The van der Waals surface area contributed by atoms with E-state index < -0.39 is 0 Å². The third-order valence-electron chi connectivity index (χ3n) is 5.35. The number of anilines is 1. The number of hydrogen-bond donors (Lipinski definition) is 1. The first-order chi connectivity index (χ1) is 14.6. The fraction of sp³-hybridized carbons (Fsp3) is 0.304. The maximum absolute atomic E-state index is 13.1. The minimum absolute atomic E-state index is 0.153. The highest BCUT2D eigenvalue weighted by Crippen LogP contribution is 2.27. The molecule has 2 fully saturated rings. The Hall–Kier alpha value is -2.74. The number of aryl methyl sites for hydroxylation is 1. The van der Waals surface area contributed by atoms with Crippen molar-refractivity contribution in [3.63, 3.8) is 0 Å². The highest BCUT2D eigenvalue weighted by atomic mass is 32.1. The Kier molecular flexibility index (Phi) is 6.13. The van der Waals surface area contributed by atoms with Crippen LogP contribution in [0, 0.1) is 6.92 Å². The van der Waals surface area contributed by atoms with Crippen LogP contribution >= 0.6 is 12.2 Å². The number of amides is 1. The average Bonchev–Trinajstić information content (AvgIpc) is 3.02. The number of ether oxygens (including phenoxy) is 2. The van der Waals surface area contributed by atoms with Crippen LogP contribution in [-0.4, -0.2) is 49.3 Å². The first kappa shape index (κ1) is 20.5. The van der Waals surface area contributed by atoms with Crippen LogP contribution in [0.2, 0.25) is 0 Å². The number of methoxy groups -OCH3 is 1. The van der Waals surface area contributed by atoms with Crippen LogP contribution in [-0.2, 0) is 16.1 Å². The number of benzene rings is 2. The zero-order chi connectivity index (χ0) is 21.1. The molecule has 2 aromatic carbocycles. The Morgan fingerprint density at radius 1 is 1.20 bits per heavy atom. The second-order valence-corrected chi connectivity index (χ2v) is 7.76. The van der Waals surface area contributed by atoms with Crippen molar-refractivity contribution in [3.8, 4) is 5.75 Å². The van der Waals surface area contributed by atoms with E-state index in [2.05, 4.69) is 16.3 Å². The van der Waals surface area contributed by atoms with Crippen LogP contribution in [0.5, 0.6) is 5.75 Å². The zero-order valence-corrected chi connectivity index (χ0v) is 18.0. The van der Waals surface area contributed by atoms with Gasteiger partial charge in [0.05, 0.1) is 26.0 Å². The Morgan fingerprint density at radius 3 is 2.70 bits per heavy atom. The zero-order valence-electron chi connectivity index (χ0n) is 17.2. The van der Waals surface area contributed by atoms with Crippen molar-refractivity contribution in [2.75, 3.05) is 38.3 Å². The first-order valence-corrected chi connectivity index (χ1v) is 10.4. The lowest BCUT2D eigenvalue weighted by molar-refractivity contribution is -0.113. The van der Waals surface area contributed by atoms with Crippen molar-refractivity contribution >= 4 is 35.0 Å². The number of nitrogens with one attached hydrogen (secondary N) is 1. The summed E-state index contributed by atoms with van der Waals surface area (Å²) in [5.41, 5.74) is 4.26. The van der Waals surface area contributed by atoms with Crippen molar-refractivity contribution in [1.82, 2.24) is 10.2 Å². The molecular formula is C23H25N3O3S. The van der Waals surface area contributed by atoms with Gasteiger partial charge in [0.25, 0.3) is 5.91 Å². The molecule has 4 rings (SSSR count). The summed E-state index contributed by atoms with van der Waals surface area (Å²) in [6.07, 6.45) is 1.84. The van der Waals surface area contributed by atoms with Gasteiger partial charge in [0, 0.05) is 25.2 Å². The summed E-state index contributed by atoms with van der Waals surface area (Å²) in [4.78, 5) is 16.9. The molecule has 0 unspecified atom stereocenters. The van der Waals surface area contributed by atoms with Gasteiger partial charge >= 0.3 is 0 Å². The van der Waals surface area contributed by atoms with Crippen molar-refractivity contribution in [3.05, 3.63) is 64.9 Å². The Bertz CT molecular complexity index is 999. The quantitative estimate of drug-likeness (QED) is 0.589. The van der Waals surface area contributed by atoms with E-state index >= 15 is 0 Å². The SMILES string of the molecule is COc1ccc(/C=C2/NC(=S)N(c3ccccc3C)C2=O)cc1CN1CCOCC1. The molecule has 1 N–H and O–H groups in total. The van der Waals surface area contributed by atoms with E-state index in [9.17, 15) is 4.79 Å². The van der Waals surface area contributed by atoms with Gasteiger partial charge in [-0.2, -0.15) is 0 Å². The van der Waals surface area contributed by atoms with Gasteiger partial charge in [-0.25, -0.2) is 0 Å². The molecule has 0 aromatic heterocycles. The molecule has 0 atom stereocenters. The molecular weight excluding hydrogens is 398 g/mol. The molecule has 0 saturated carbocycles. The average molecular weight is 424 g/mol. The number of carbonyl (C=O) groups is 1. The molecule has 2 aliphatic rings. The largest absolute Gasteiger partial charge is 0.496 e. The van der Waals surface area contributed by atoms with Crippen molar-refractivity contribution in [2.24, 2.45) is 0 Å². The first-order valence-electron chi connectivity index (χ1n) is 9.96. The summed E-state index contributed by atoms with van der Waals surface area (Å²) in [5, 5.41) is 3.46. The Morgan fingerprint density at radius 2 is 1.97 bits per heavy atom. The molecule has 7 heteroatoms. The molecule has 30 heavy (non-hydrogen) atoms. The number of hydrogen-bond acceptors (Lipinski definition) is 5. The van der Waals surface area contributed by atoms with Crippen LogP contribution in [0.1, 0.15) is 16.7 Å². The van der Waals surface area contributed by atoms with Crippen LogP contribution in [0.4, 0.5) is 5.69 Å². The number of thiocarbonyl (C=S) groups is 1. The molecule has 2 aromatic rings. The van der Waals surface area contributed by atoms with Crippen molar-refractivity contribution in [2.45, 2.75) is 13.5 Å². The lowest BCUT2D eigenvalue weighted by Crippen LogP contribution is -2.35. The summed E-state index contributed by atoms with van der Waals surface area (Å²) in [6.45, 7) is 6.03. The molecule has 0 bridgehead atoms. The molecule has 1 amide bonds. The topological polar surface area (TPSA) is 54.0 Å². The fourth-order valence-electron chi connectivity index (χ4n) is 3.75. The maximum Gasteiger partial charge on any atom is 0.281 e. The Labute approximate surface area is 182 Å². The smallest absolute Gasteiger partial charge is 0.281 e. The summed E-state index contributed by atoms with van der Waals surface area (Å²) >= 11 is 5.44. The van der Waals surface area contributed by atoms with E-state index in [0.717, 1.165) is 61.0 Å². The van der Waals surface area contributed by atoms with E-state index in [1.807, 2.05) is 49.4 Å². The summed E-state index contributed by atoms with van der Waals surface area (Å²) in [5.74, 6) is 0.686. The summed E-state index contributed by atoms with van der Waals surface area (Å²) in [6, 6.07) is 13.7. The molecule has 2 saturated heterocycles. The number of carbonyl (C=O) groups excluding carboxylic acids is 1. The summed E-state index contributed by atoms with van der Waals surface area (Å²) < 4.78 is 11.0. The number of para-hydroxylation sites is 1. The molecule has 0 radical (unpaired) electrons. The summed E-state index contributed by atoms with van der Waals surface area (Å²) in [7, 11) is 1.68. The van der Waals surface area contributed by atoms with Gasteiger partial charge in [-0.1, -0.05) is 24.3 Å². The third-order valence-corrected chi connectivity index (χ3v) is 5.63. The molecule has 6 nitrogen and oxygen atoms in total. The Balaban J connectivity index is 1.60. The predicted octanol–water partition coefficient (Wildman–Crippen LogP) is 3.10. The van der Waals surface area contributed by atoms with E-state index in [-0.39, 0.29) is 5.91 Å². The van der Waals surface area contributed by atoms with Crippen LogP contribution in [0.3, 0.4) is 0 Å². The van der Waals surface area contributed by atoms with Gasteiger partial charge in [0.1, 0.15) is 11.4 Å². The highest BCUT2D eigenvalue weighted by molar-refractivity contribution is 7.80. The second kappa shape index (κ2) is 8.95. The highest BCUT2D eigenvalue weighted by Gasteiger charge is 2.32. The number of nitrogens with zero attached hydrogens (tertiary/aromatic N) is 2. The van der Waals surface area contributed by atoms with Crippen LogP contribution in [0.15, 0.2) is 48.2 Å². The van der Waals surface area contributed by atoms with E-state index in [0.29, 0.717) is 10.8 Å². The molecule has 2 heterocycles. The lowest BCUT2D eigenvalue weighted by atomic mass is 10.1. The van der Waals surface area contributed by atoms with Gasteiger partial charge in [-0.05, 0) is 54.5 Å². The van der Waals surface area contributed by atoms with Crippen LogP contribution in [0.25, 0.3) is 6.08 Å². The molecule has 156 valence electrons. The maximum atomic E-state index is 13.1. The normalized spacial score (nSPS) is 18.7. The van der Waals surface area contributed by atoms with E-state index in [1.54, 1.807) is 12.0 Å². The van der Waals surface area contributed by atoms with Crippen LogP contribution < -0.4 is 15.0 Å². The van der Waals surface area contributed by atoms with E-state index in [4.69, 9.17) is 21.7 Å². The van der Waals surface area contributed by atoms with E-state index in [1.165, 1.54) is 0 Å². The minimum Gasteiger partial charge on any atom is -0.496 e. The predicted molar refractivity (Wildman–Crippen MR) is 121 cm³/mol. The van der Waals surface area contributed by atoms with Gasteiger partial charge in [-0.3, -0.25) is 14.6 Å². The van der Waals surface area contributed by atoms with Gasteiger partial charge < -0.3 is 14.8 Å².